The lowest BCUT2D eigenvalue weighted by Gasteiger charge is -2.27. The van der Waals surface area contributed by atoms with Gasteiger partial charge in [-0.15, -0.1) is 12.4 Å². The number of rotatable bonds is 7. The maximum Gasteiger partial charge on any atom is 0.220 e. The molecule has 3 rings (SSSR count). The lowest BCUT2D eigenvalue weighted by atomic mass is 9.94. The lowest BCUT2D eigenvalue weighted by Crippen LogP contribution is -2.38. The van der Waals surface area contributed by atoms with Crippen LogP contribution in [0.5, 0.6) is 5.75 Å². The molecule has 0 fully saturated rings. The fraction of sp³-hybridized carbons (Fsp3) is 0.381. The first-order valence-electron chi connectivity index (χ1n) is 9.06. The number of carbonyl (C=O) groups is 1. The summed E-state index contributed by atoms with van der Waals surface area (Å²) in [5, 5.41) is 6.56. The van der Waals surface area contributed by atoms with Crippen molar-refractivity contribution < 1.29 is 9.53 Å². The maximum absolute atomic E-state index is 12.2. The molecule has 0 bridgehead atoms. The molecular weight excluding hydrogens is 348 g/mol. The van der Waals surface area contributed by atoms with Gasteiger partial charge in [0.1, 0.15) is 5.75 Å². The van der Waals surface area contributed by atoms with Crippen LogP contribution in [0.2, 0.25) is 0 Å². The van der Waals surface area contributed by atoms with E-state index in [4.69, 9.17) is 4.74 Å². The second-order valence-electron chi connectivity index (χ2n) is 6.34. The molecule has 1 amide bonds. The smallest absolute Gasteiger partial charge is 0.220 e. The highest BCUT2D eigenvalue weighted by molar-refractivity contribution is 5.85. The molecule has 2 aromatic carbocycles. The van der Waals surface area contributed by atoms with Gasteiger partial charge in [-0.25, -0.2) is 0 Å². The number of benzene rings is 2. The van der Waals surface area contributed by atoms with E-state index in [1.807, 2.05) is 31.2 Å². The van der Waals surface area contributed by atoms with Crippen LogP contribution in [0.25, 0.3) is 0 Å². The first-order valence-corrected chi connectivity index (χ1v) is 9.06. The zero-order chi connectivity index (χ0) is 17.5. The van der Waals surface area contributed by atoms with Crippen LogP contribution in [-0.2, 0) is 17.6 Å². The number of nitrogens with one attached hydrogen (secondary N) is 2. The molecule has 1 aliphatic rings. The summed E-state index contributed by atoms with van der Waals surface area (Å²) in [4.78, 5) is 12.2. The van der Waals surface area contributed by atoms with Crippen LogP contribution in [0.4, 0.5) is 0 Å². The number of aryl methyl sites for hydroxylation is 1. The number of ether oxygens (including phenoxy) is 1. The number of carbonyl (C=O) groups excluding carboxylic acids is 1. The first kappa shape index (κ1) is 20.3. The standard InChI is InChI=1S/C21H26N2O2.ClH/c1-2-25-18-10-7-16(8-11-18)9-12-21(24)23-15-20-19-6-4-3-5-17(19)13-14-22-20;/h3-8,10-11,20,22H,2,9,12-15H2,1H3,(H,23,24);1H. The molecule has 2 aromatic rings. The minimum atomic E-state index is 0. The number of amides is 1. The summed E-state index contributed by atoms with van der Waals surface area (Å²) in [6, 6.07) is 16.6. The quantitative estimate of drug-likeness (QED) is 0.780. The van der Waals surface area contributed by atoms with Gasteiger partial charge in [0, 0.05) is 19.0 Å². The third kappa shape index (κ3) is 5.48. The van der Waals surface area contributed by atoms with E-state index >= 15 is 0 Å². The summed E-state index contributed by atoms with van der Waals surface area (Å²) in [7, 11) is 0. The summed E-state index contributed by atoms with van der Waals surface area (Å²) in [5.74, 6) is 0.969. The second-order valence-corrected chi connectivity index (χ2v) is 6.34. The number of fused-ring (bicyclic) bond motifs is 1. The summed E-state index contributed by atoms with van der Waals surface area (Å²) in [5.41, 5.74) is 3.84. The summed E-state index contributed by atoms with van der Waals surface area (Å²) in [6.07, 6.45) is 2.30. The van der Waals surface area contributed by atoms with Gasteiger partial charge in [-0.1, -0.05) is 36.4 Å². The van der Waals surface area contributed by atoms with E-state index in [1.165, 1.54) is 11.1 Å². The Morgan fingerprint density at radius 2 is 1.96 bits per heavy atom. The van der Waals surface area contributed by atoms with Gasteiger partial charge in [0.2, 0.25) is 5.91 Å². The van der Waals surface area contributed by atoms with Gasteiger partial charge in [-0.05, 0) is 55.1 Å². The molecule has 0 saturated heterocycles. The van der Waals surface area contributed by atoms with Crippen LogP contribution in [0.3, 0.4) is 0 Å². The van der Waals surface area contributed by atoms with E-state index in [2.05, 4.69) is 34.9 Å². The number of halogens is 1. The average molecular weight is 375 g/mol. The first-order chi connectivity index (χ1) is 12.3. The fourth-order valence-corrected chi connectivity index (χ4v) is 3.26. The zero-order valence-electron chi connectivity index (χ0n) is 15.2. The Balaban J connectivity index is 0.00000243. The van der Waals surface area contributed by atoms with Crippen molar-refractivity contribution in [3.05, 3.63) is 65.2 Å². The van der Waals surface area contributed by atoms with Gasteiger partial charge in [0.05, 0.1) is 6.61 Å². The lowest BCUT2D eigenvalue weighted by molar-refractivity contribution is -0.121. The molecule has 0 aromatic heterocycles. The predicted molar refractivity (Wildman–Crippen MR) is 107 cm³/mol. The molecule has 26 heavy (non-hydrogen) atoms. The molecule has 0 saturated carbocycles. The van der Waals surface area contributed by atoms with E-state index in [9.17, 15) is 4.79 Å². The summed E-state index contributed by atoms with van der Waals surface area (Å²) in [6.45, 7) is 4.24. The van der Waals surface area contributed by atoms with Gasteiger partial charge in [-0.3, -0.25) is 4.79 Å². The topological polar surface area (TPSA) is 50.4 Å². The molecule has 1 aliphatic heterocycles. The highest BCUT2D eigenvalue weighted by atomic mass is 35.5. The largest absolute Gasteiger partial charge is 0.494 e. The monoisotopic (exact) mass is 374 g/mol. The normalized spacial score (nSPS) is 15.5. The highest BCUT2D eigenvalue weighted by Crippen LogP contribution is 2.21. The van der Waals surface area contributed by atoms with Crippen molar-refractivity contribution in [1.82, 2.24) is 10.6 Å². The summed E-state index contributed by atoms with van der Waals surface area (Å²) < 4.78 is 5.43. The predicted octanol–water partition coefficient (Wildman–Crippen LogP) is 3.44. The van der Waals surface area contributed by atoms with E-state index in [0.29, 0.717) is 19.6 Å². The molecule has 1 atom stereocenters. The van der Waals surface area contributed by atoms with Crippen LogP contribution < -0.4 is 15.4 Å². The minimum absolute atomic E-state index is 0. The van der Waals surface area contributed by atoms with Gasteiger partial charge >= 0.3 is 0 Å². The Morgan fingerprint density at radius 3 is 2.73 bits per heavy atom. The third-order valence-electron chi connectivity index (χ3n) is 4.59. The van der Waals surface area contributed by atoms with Crippen LogP contribution >= 0.6 is 12.4 Å². The molecule has 0 aliphatic carbocycles. The number of hydrogen-bond donors (Lipinski definition) is 2. The van der Waals surface area contributed by atoms with Gasteiger partial charge in [0.25, 0.3) is 0 Å². The Kier molecular flexibility index (Phi) is 7.95. The van der Waals surface area contributed by atoms with Crippen LogP contribution in [-0.4, -0.2) is 25.6 Å². The Labute approximate surface area is 161 Å². The molecule has 140 valence electrons. The average Bonchev–Trinajstić information content (AvgIpc) is 2.66. The minimum Gasteiger partial charge on any atom is -0.494 e. The van der Waals surface area contributed by atoms with Crippen molar-refractivity contribution >= 4 is 18.3 Å². The van der Waals surface area contributed by atoms with Gasteiger partial charge in [0.15, 0.2) is 0 Å². The van der Waals surface area contributed by atoms with Gasteiger partial charge < -0.3 is 15.4 Å². The maximum atomic E-state index is 12.2. The Morgan fingerprint density at radius 1 is 1.19 bits per heavy atom. The number of hydrogen-bond acceptors (Lipinski definition) is 3. The SMILES string of the molecule is CCOc1ccc(CCC(=O)NCC2NCCc3ccccc32)cc1.Cl. The van der Waals surface area contributed by atoms with Crippen molar-refractivity contribution in [2.75, 3.05) is 19.7 Å². The van der Waals surface area contributed by atoms with E-state index < -0.39 is 0 Å². The van der Waals surface area contributed by atoms with Crippen molar-refractivity contribution in [2.24, 2.45) is 0 Å². The highest BCUT2D eigenvalue weighted by Gasteiger charge is 2.19. The molecule has 0 spiro atoms. The van der Waals surface area contributed by atoms with Crippen molar-refractivity contribution in [2.45, 2.75) is 32.2 Å². The van der Waals surface area contributed by atoms with E-state index in [-0.39, 0.29) is 24.4 Å². The molecule has 0 radical (unpaired) electrons. The molecule has 2 N–H and O–H groups in total. The zero-order valence-corrected chi connectivity index (χ0v) is 16.0. The molecule has 1 heterocycles. The second kappa shape index (κ2) is 10.2. The van der Waals surface area contributed by atoms with Gasteiger partial charge in [-0.2, -0.15) is 0 Å². The van der Waals surface area contributed by atoms with Crippen molar-refractivity contribution in [3.8, 4) is 5.75 Å². The molecule has 5 heteroatoms. The fourth-order valence-electron chi connectivity index (χ4n) is 3.26. The third-order valence-corrected chi connectivity index (χ3v) is 4.59. The van der Waals surface area contributed by atoms with E-state index in [1.54, 1.807) is 0 Å². The van der Waals surface area contributed by atoms with Crippen LogP contribution in [0.15, 0.2) is 48.5 Å². The van der Waals surface area contributed by atoms with E-state index in [0.717, 1.165) is 30.7 Å². The molecular formula is C21H27ClN2O2. The molecule has 4 nitrogen and oxygen atoms in total. The molecule has 1 unspecified atom stereocenters. The summed E-state index contributed by atoms with van der Waals surface area (Å²) >= 11 is 0. The van der Waals surface area contributed by atoms with Crippen molar-refractivity contribution in [1.29, 1.82) is 0 Å². The Hall–Kier alpha value is -2.04. The Bertz CT molecular complexity index is 703. The van der Waals surface area contributed by atoms with Crippen LogP contribution in [0.1, 0.15) is 36.1 Å². The van der Waals surface area contributed by atoms with Crippen molar-refractivity contribution in [3.63, 3.8) is 0 Å². The van der Waals surface area contributed by atoms with Crippen LogP contribution in [0, 0.1) is 0 Å².